The molecule has 0 N–H and O–H groups in total. The van der Waals surface area contributed by atoms with Crippen LogP contribution in [0, 0.1) is 6.92 Å². The van der Waals surface area contributed by atoms with Gasteiger partial charge in [-0.2, -0.15) is 0 Å². The summed E-state index contributed by atoms with van der Waals surface area (Å²) in [5.41, 5.74) is 2.75. The Balaban J connectivity index is 1.62. The maximum atomic E-state index is 12.7. The summed E-state index contributed by atoms with van der Waals surface area (Å²) in [5, 5.41) is 0.817. The number of fused-ring (bicyclic) bond motifs is 1. The molecule has 3 aromatic carbocycles. The van der Waals surface area contributed by atoms with Crippen molar-refractivity contribution >= 4 is 35.3 Å². The third kappa shape index (κ3) is 4.04. The zero-order chi connectivity index (χ0) is 19.6. The van der Waals surface area contributed by atoms with E-state index in [1.807, 2.05) is 49.4 Å². The topological polar surface area (TPSA) is 55.7 Å². The zero-order valence-corrected chi connectivity index (χ0v) is 17.8. The molecule has 1 aliphatic rings. The second-order valence-corrected chi connectivity index (χ2v) is 10.4. The Bertz CT molecular complexity index is 1110. The van der Waals surface area contributed by atoms with E-state index in [4.69, 9.17) is 4.74 Å². The van der Waals surface area contributed by atoms with E-state index in [1.165, 1.54) is 4.46 Å². The Kier molecular flexibility index (Phi) is 5.36. The van der Waals surface area contributed by atoms with Crippen LogP contribution in [0.1, 0.15) is 22.8 Å². The van der Waals surface area contributed by atoms with Crippen molar-refractivity contribution in [3.63, 3.8) is 0 Å². The van der Waals surface area contributed by atoms with E-state index in [0.29, 0.717) is 0 Å². The predicted octanol–water partition coefficient (Wildman–Crippen LogP) is 3.65. The molecule has 0 bridgehead atoms. The van der Waals surface area contributed by atoms with Crippen LogP contribution in [0.3, 0.4) is 0 Å². The average Bonchev–Trinajstić information content (AvgIpc) is 3.05. The Labute approximate surface area is 171 Å². The Hall–Kier alpha value is -2.40. The van der Waals surface area contributed by atoms with Crippen molar-refractivity contribution in [2.45, 2.75) is 23.2 Å². The molecule has 1 heterocycles. The second kappa shape index (κ2) is 7.92. The number of hydrogen-bond donors (Lipinski definition) is 0. The standard InChI is InChI=1S/C22H19NO3SSe/c1-16-11-13-17(14-12-16)27(24,25)23-22-20-10-6-5-9-19(20)21(26-22)15-28-18-7-3-2-4-8-18/h2-14,21H,15H2,1H3/b23-22-/t21-/m1/s1. The molecule has 0 unspecified atom stereocenters. The van der Waals surface area contributed by atoms with Crippen molar-refractivity contribution in [1.82, 2.24) is 0 Å². The van der Waals surface area contributed by atoms with Crippen molar-refractivity contribution in [3.05, 3.63) is 95.6 Å². The van der Waals surface area contributed by atoms with Gasteiger partial charge in [0.05, 0.1) is 0 Å². The molecule has 28 heavy (non-hydrogen) atoms. The average molecular weight is 456 g/mol. The normalized spacial score (nSPS) is 17.3. The molecule has 0 aliphatic carbocycles. The van der Waals surface area contributed by atoms with Crippen LogP contribution < -0.4 is 4.46 Å². The summed E-state index contributed by atoms with van der Waals surface area (Å²) in [6.45, 7) is 1.91. The van der Waals surface area contributed by atoms with Gasteiger partial charge in [-0.1, -0.05) is 0 Å². The number of rotatable bonds is 5. The van der Waals surface area contributed by atoms with Gasteiger partial charge in [0.2, 0.25) is 0 Å². The molecule has 4 nitrogen and oxygen atoms in total. The van der Waals surface area contributed by atoms with E-state index in [-0.39, 0.29) is 31.9 Å². The van der Waals surface area contributed by atoms with Gasteiger partial charge in [0.15, 0.2) is 0 Å². The molecular formula is C22H19NO3SSe. The molecule has 0 aromatic heterocycles. The van der Waals surface area contributed by atoms with Gasteiger partial charge in [-0.3, -0.25) is 0 Å². The molecule has 3 aromatic rings. The predicted molar refractivity (Wildman–Crippen MR) is 112 cm³/mol. The van der Waals surface area contributed by atoms with Crippen LogP contribution in [0.25, 0.3) is 0 Å². The van der Waals surface area contributed by atoms with Crippen LogP contribution in [-0.2, 0) is 14.8 Å². The number of benzene rings is 3. The van der Waals surface area contributed by atoms with Crippen molar-refractivity contribution in [1.29, 1.82) is 0 Å². The molecule has 0 saturated heterocycles. The first-order valence-electron chi connectivity index (χ1n) is 8.88. The van der Waals surface area contributed by atoms with Crippen molar-refractivity contribution < 1.29 is 13.2 Å². The first-order chi connectivity index (χ1) is 13.5. The van der Waals surface area contributed by atoms with E-state index in [9.17, 15) is 8.42 Å². The molecule has 0 spiro atoms. The van der Waals surface area contributed by atoms with Crippen LogP contribution >= 0.6 is 0 Å². The monoisotopic (exact) mass is 457 g/mol. The molecule has 0 amide bonds. The summed E-state index contributed by atoms with van der Waals surface area (Å²) in [6.07, 6.45) is -0.177. The van der Waals surface area contributed by atoms with Crippen LogP contribution in [0.5, 0.6) is 0 Å². The summed E-state index contributed by atoms with van der Waals surface area (Å²) < 4.78 is 36.8. The van der Waals surface area contributed by atoms with Gasteiger partial charge in [-0.05, 0) is 0 Å². The third-order valence-corrected chi connectivity index (χ3v) is 7.99. The van der Waals surface area contributed by atoms with E-state index >= 15 is 0 Å². The van der Waals surface area contributed by atoms with E-state index in [2.05, 4.69) is 16.5 Å². The summed E-state index contributed by atoms with van der Waals surface area (Å²) in [6, 6.07) is 24.6. The molecule has 0 saturated carbocycles. The number of ether oxygens (including phenoxy) is 1. The van der Waals surface area contributed by atoms with Crippen LogP contribution in [-0.4, -0.2) is 29.3 Å². The Morgan fingerprint density at radius 3 is 2.36 bits per heavy atom. The summed E-state index contributed by atoms with van der Waals surface area (Å²) in [5.74, 6) is 0.185. The fourth-order valence-corrected chi connectivity index (χ4v) is 5.91. The van der Waals surface area contributed by atoms with Gasteiger partial charge in [0.1, 0.15) is 0 Å². The van der Waals surface area contributed by atoms with Gasteiger partial charge in [0, 0.05) is 0 Å². The van der Waals surface area contributed by atoms with Gasteiger partial charge in [0.25, 0.3) is 0 Å². The minimum absolute atomic E-state index is 0.170. The van der Waals surface area contributed by atoms with Gasteiger partial charge >= 0.3 is 172 Å². The molecule has 1 atom stereocenters. The first-order valence-corrected chi connectivity index (χ1v) is 12.4. The maximum absolute atomic E-state index is 12.7. The zero-order valence-electron chi connectivity index (χ0n) is 15.3. The molecule has 1 aliphatic heterocycles. The Morgan fingerprint density at radius 2 is 1.61 bits per heavy atom. The van der Waals surface area contributed by atoms with Crippen LogP contribution in [0.15, 0.2) is 88.2 Å². The number of sulfonamides is 1. The quantitative estimate of drug-likeness (QED) is 0.551. The molecule has 4 rings (SSSR count). The minimum atomic E-state index is -3.83. The van der Waals surface area contributed by atoms with Crippen molar-refractivity contribution in [2.75, 3.05) is 0 Å². The van der Waals surface area contributed by atoms with Crippen molar-refractivity contribution in [2.24, 2.45) is 4.40 Å². The molecule has 142 valence electrons. The summed E-state index contributed by atoms with van der Waals surface area (Å²) >= 11 is 0.227. The summed E-state index contributed by atoms with van der Waals surface area (Å²) in [7, 11) is -3.83. The third-order valence-electron chi connectivity index (χ3n) is 4.46. The van der Waals surface area contributed by atoms with E-state index in [1.54, 1.807) is 24.3 Å². The first kappa shape index (κ1) is 18.9. The van der Waals surface area contributed by atoms with Crippen LogP contribution in [0.2, 0.25) is 5.32 Å². The van der Waals surface area contributed by atoms with Gasteiger partial charge < -0.3 is 0 Å². The molecule has 0 radical (unpaired) electrons. The number of hydrogen-bond acceptors (Lipinski definition) is 3. The SMILES string of the molecule is Cc1ccc(S(=O)(=O)/N=C2\O[C@H](C[Se]c3ccccc3)c3ccccc32)cc1. The van der Waals surface area contributed by atoms with Crippen LogP contribution in [0.4, 0.5) is 0 Å². The molecule has 6 heteroatoms. The Morgan fingerprint density at radius 1 is 0.929 bits per heavy atom. The fourth-order valence-electron chi connectivity index (χ4n) is 2.99. The van der Waals surface area contributed by atoms with E-state index < -0.39 is 10.0 Å². The fraction of sp³-hybridized carbons (Fsp3) is 0.136. The second-order valence-electron chi connectivity index (χ2n) is 6.50. The molecular weight excluding hydrogens is 437 g/mol. The van der Waals surface area contributed by atoms with E-state index in [0.717, 1.165) is 22.0 Å². The number of aryl methyl sites for hydroxylation is 1. The van der Waals surface area contributed by atoms with Gasteiger partial charge in [-0.25, -0.2) is 0 Å². The van der Waals surface area contributed by atoms with Crippen molar-refractivity contribution in [3.8, 4) is 0 Å². The van der Waals surface area contributed by atoms with Gasteiger partial charge in [-0.15, -0.1) is 0 Å². The number of nitrogens with zero attached hydrogens (tertiary/aromatic N) is 1. The molecule has 0 fully saturated rings. The summed E-state index contributed by atoms with van der Waals surface area (Å²) in [4.78, 5) is 0.170.